The number of anilines is 3. The van der Waals surface area contributed by atoms with Gasteiger partial charge in [-0.25, -0.2) is 14.9 Å². The Kier molecular flexibility index (Phi) is 3.79. The molecule has 10 nitrogen and oxygen atoms in total. The number of nitrogens with zero attached hydrogens (tertiary/aromatic N) is 5. The molecule has 1 fully saturated rings. The van der Waals surface area contributed by atoms with Gasteiger partial charge in [0.15, 0.2) is 29.1 Å². The second-order valence-electron chi connectivity index (χ2n) is 4.85. The predicted molar refractivity (Wildman–Crippen MR) is 77.5 cm³/mol. The van der Waals surface area contributed by atoms with E-state index in [-0.39, 0.29) is 17.3 Å². The van der Waals surface area contributed by atoms with Crippen molar-refractivity contribution >= 4 is 33.3 Å². The second kappa shape index (κ2) is 5.49. The summed E-state index contributed by atoms with van der Waals surface area (Å²) in [5, 5.41) is 37.8. The maximum Gasteiger partial charge on any atom is 0.187 e. The largest absolute Gasteiger partial charge is 0.394 e. The molecule has 0 radical (unpaired) electrons. The molecule has 0 aliphatic carbocycles. The number of halogens is 1. The highest BCUT2D eigenvalue weighted by Gasteiger charge is 2.51. The molecule has 118 valence electrons. The van der Waals surface area contributed by atoms with Crippen LogP contribution in [0, 0.1) is 11.5 Å². The molecule has 0 bridgehead atoms. The van der Waals surface area contributed by atoms with E-state index in [2.05, 4.69) is 25.9 Å². The van der Waals surface area contributed by atoms with Crippen LogP contribution in [0.2, 0.25) is 0 Å². The Morgan fingerprint density at radius 3 is 2.73 bits per heavy atom. The van der Waals surface area contributed by atoms with E-state index in [0.717, 1.165) is 0 Å². The first-order chi connectivity index (χ1) is 10.5. The summed E-state index contributed by atoms with van der Waals surface area (Å²) >= 11 is 3.32. The number of nitrogens with two attached hydrogens (primary N) is 1. The van der Waals surface area contributed by atoms with Gasteiger partial charge in [0.05, 0.1) is 6.61 Å². The average molecular weight is 373 g/mol. The van der Waals surface area contributed by atoms with E-state index in [9.17, 15) is 20.6 Å². The molecule has 22 heavy (non-hydrogen) atoms. The summed E-state index contributed by atoms with van der Waals surface area (Å²) in [4.78, 5) is 10.6. The van der Waals surface area contributed by atoms with Crippen molar-refractivity contribution in [2.75, 3.05) is 22.1 Å². The summed E-state index contributed by atoms with van der Waals surface area (Å²) in [6, 6.07) is 0. The van der Waals surface area contributed by atoms with Crippen LogP contribution in [-0.2, 0) is 4.74 Å². The van der Waals surface area contributed by atoms with Crippen LogP contribution in [0.3, 0.4) is 0 Å². The van der Waals surface area contributed by atoms with E-state index in [1.165, 1.54) is 16.1 Å². The van der Waals surface area contributed by atoms with Gasteiger partial charge in [0.2, 0.25) is 0 Å². The third-order valence-electron chi connectivity index (χ3n) is 3.66. The second-order valence-corrected chi connectivity index (χ2v) is 5.67. The molecule has 1 aromatic rings. The molecular formula is C11H13BrN6O4. The summed E-state index contributed by atoms with van der Waals surface area (Å²) in [5.74, 6) is 0.385. The minimum Gasteiger partial charge on any atom is -0.394 e. The summed E-state index contributed by atoms with van der Waals surface area (Å²) in [6.07, 6.45) is -1.31. The Hall–Kier alpha value is -1.71. The summed E-state index contributed by atoms with van der Waals surface area (Å²) < 4.78 is 5.49. The molecule has 0 amide bonds. The van der Waals surface area contributed by atoms with Gasteiger partial charge in [0.1, 0.15) is 30.3 Å². The fourth-order valence-corrected chi connectivity index (χ4v) is 3.31. The van der Waals surface area contributed by atoms with Crippen LogP contribution in [0.15, 0.2) is 6.33 Å². The van der Waals surface area contributed by atoms with E-state index in [4.69, 9.17) is 10.5 Å². The maximum absolute atomic E-state index is 10.2. The summed E-state index contributed by atoms with van der Waals surface area (Å²) in [5.41, 5.74) is 6.07. The Labute approximate surface area is 133 Å². The molecule has 3 unspecified atom stereocenters. The van der Waals surface area contributed by atoms with Gasteiger partial charge in [-0.2, -0.15) is 5.26 Å². The van der Waals surface area contributed by atoms with Crippen LogP contribution in [0.25, 0.3) is 0 Å². The number of aliphatic hydroxyl groups is 3. The van der Waals surface area contributed by atoms with E-state index < -0.39 is 36.2 Å². The van der Waals surface area contributed by atoms with Crippen molar-refractivity contribution in [1.29, 1.82) is 5.26 Å². The quantitative estimate of drug-likeness (QED) is 0.268. The van der Waals surface area contributed by atoms with Crippen molar-refractivity contribution in [3.8, 4) is 6.19 Å². The zero-order chi connectivity index (χ0) is 16.0. The van der Waals surface area contributed by atoms with Crippen molar-refractivity contribution in [1.82, 2.24) is 9.97 Å². The molecule has 5 N–H and O–H groups in total. The SMILES string of the molecule is N#CN1c2c(N)ncnc2N([C@@H]2O[C@H](CO)C(O)C2O)C1Br. The molecule has 1 saturated heterocycles. The Bertz CT molecular complexity index is 627. The molecule has 1 aromatic heterocycles. The molecule has 3 rings (SSSR count). The molecule has 0 saturated carbocycles. The number of fused-ring (bicyclic) bond motifs is 1. The lowest BCUT2D eigenvalue weighted by Crippen LogP contribution is -2.49. The van der Waals surface area contributed by atoms with Gasteiger partial charge in [0, 0.05) is 0 Å². The zero-order valence-corrected chi connectivity index (χ0v) is 12.7. The normalized spacial score (nSPS) is 33.9. The highest BCUT2D eigenvalue weighted by Crippen LogP contribution is 2.45. The van der Waals surface area contributed by atoms with Crippen molar-refractivity contribution in [2.24, 2.45) is 0 Å². The molecule has 3 heterocycles. The number of hydrogen-bond donors (Lipinski definition) is 4. The third kappa shape index (κ3) is 2.00. The minimum atomic E-state index is -1.29. The Balaban J connectivity index is 2.03. The van der Waals surface area contributed by atoms with Crippen LogP contribution in [-0.4, -0.2) is 61.5 Å². The number of ether oxygens (including phenoxy) is 1. The summed E-state index contributed by atoms with van der Waals surface area (Å²) in [6.45, 7) is -0.448. The van der Waals surface area contributed by atoms with E-state index >= 15 is 0 Å². The van der Waals surface area contributed by atoms with Gasteiger partial charge in [-0.1, -0.05) is 0 Å². The number of nitriles is 1. The van der Waals surface area contributed by atoms with Gasteiger partial charge < -0.3 is 25.8 Å². The van der Waals surface area contributed by atoms with Gasteiger partial charge in [-0.05, 0) is 15.9 Å². The highest BCUT2D eigenvalue weighted by molar-refractivity contribution is 9.09. The number of hydrogen-bond acceptors (Lipinski definition) is 10. The van der Waals surface area contributed by atoms with Crippen LogP contribution in [0.4, 0.5) is 17.3 Å². The monoisotopic (exact) mass is 372 g/mol. The lowest BCUT2D eigenvalue weighted by atomic mass is 10.1. The Morgan fingerprint density at radius 2 is 2.14 bits per heavy atom. The minimum absolute atomic E-state index is 0.102. The van der Waals surface area contributed by atoms with Crippen LogP contribution in [0.1, 0.15) is 0 Å². The molecule has 2 aliphatic rings. The molecular weight excluding hydrogens is 360 g/mol. The number of rotatable bonds is 2. The number of alkyl halides is 1. The van der Waals surface area contributed by atoms with E-state index in [1.54, 1.807) is 0 Å². The fraction of sp³-hybridized carbons (Fsp3) is 0.545. The van der Waals surface area contributed by atoms with Crippen molar-refractivity contribution in [3.05, 3.63) is 6.33 Å². The van der Waals surface area contributed by atoms with E-state index in [1.807, 2.05) is 6.19 Å². The third-order valence-corrected chi connectivity index (χ3v) is 4.51. The van der Waals surface area contributed by atoms with Crippen molar-refractivity contribution in [3.63, 3.8) is 0 Å². The molecule has 2 aliphatic heterocycles. The van der Waals surface area contributed by atoms with E-state index in [0.29, 0.717) is 0 Å². The van der Waals surface area contributed by atoms with Gasteiger partial charge in [-0.15, -0.1) is 0 Å². The lowest BCUT2D eigenvalue weighted by Gasteiger charge is -2.30. The Morgan fingerprint density at radius 1 is 1.41 bits per heavy atom. The standard InChI is InChI=1S/C11H13BrN6O4/c12-11-17(2-13)5-8(14)15-3-16-9(5)18(11)10-7(21)6(20)4(1-19)22-10/h3-4,6-7,10-11,19-21H,1H2,(H2,14,15,16)/t4-,6?,7?,10-,11?/m1/s1. The topological polar surface area (TPSA) is 152 Å². The predicted octanol–water partition coefficient (Wildman–Crippen LogP) is -1.72. The molecule has 0 spiro atoms. The average Bonchev–Trinajstić information content (AvgIpc) is 2.95. The first-order valence-corrected chi connectivity index (χ1v) is 7.27. The first-order valence-electron chi connectivity index (χ1n) is 6.35. The van der Waals surface area contributed by atoms with Gasteiger partial charge >= 0.3 is 0 Å². The maximum atomic E-state index is 10.2. The van der Waals surface area contributed by atoms with Crippen molar-refractivity contribution < 1.29 is 20.1 Å². The van der Waals surface area contributed by atoms with Crippen molar-refractivity contribution in [2.45, 2.75) is 29.6 Å². The van der Waals surface area contributed by atoms with Crippen LogP contribution >= 0.6 is 15.9 Å². The molecule has 5 atom stereocenters. The highest BCUT2D eigenvalue weighted by atomic mass is 79.9. The molecule has 11 heteroatoms. The number of nitrogen functional groups attached to an aromatic ring is 1. The van der Waals surface area contributed by atoms with Gasteiger partial charge in [0.25, 0.3) is 0 Å². The van der Waals surface area contributed by atoms with Gasteiger partial charge in [-0.3, -0.25) is 4.90 Å². The fourth-order valence-electron chi connectivity index (χ4n) is 2.58. The van der Waals surface area contributed by atoms with Crippen LogP contribution < -0.4 is 15.5 Å². The zero-order valence-electron chi connectivity index (χ0n) is 11.1. The first kappa shape index (κ1) is 15.2. The van der Waals surface area contributed by atoms with Crippen LogP contribution in [0.5, 0.6) is 0 Å². The summed E-state index contributed by atoms with van der Waals surface area (Å²) in [7, 11) is 0. The lowest BCUT2D eigenvalue weighted by molar-refractivity contribution is -0.0226. The smallest absolute Gasteiger partial charge is 0.187 e. The number of aliphatic hydroxyl groups excluding tert-OH is 3. The molecule has 0 aromatic carbocycles. The number of aromatic nitrogens is 2.